The van der Waals surface area contributed by atoms with E-state index in [9.17, 15) is 14.4 Å². The summed E-state index contributed by atoms with van der Waals surface area (Å²) in [6.07, 6.45) is 4.50. The third-order valence-electron chi connectivity index (χ3n) is 4.74. The maximum atomic E-state index is 12.4. The Kier molecular flexibility index (Phi) is 4.59. The lowest BCUT2D eigenvalue weighted by Gasteiger charge is -2.36. The van der Waals surface area contributed by atoms with Crippen LogP contribution in [0.5, 0.6) is 0 Å². The lowest BCUT2D eigenvalue weighted by molar-refractivity contribution is -0.183. The van der Waals surface area contributed by atoms with Crippen LogP contribution >= 0.6 is 0 Å². The van der Waals surface area contributed by atoms with E-state index >= 15 is 0 Å². The maximum Gasteiger partial charge on any atom is 0.260 e. The predicted molar refractivity (Wildman–Crippen MR) is 83.3 cm³/mol. The Bertz CT molecular complexity index is 641. The van der Waals surface area contributed by atoms with Gasteiger partial charge in [0, 0.05) is 31.9 Å². The highest BCUT2D eigenvalue weighted by Gasteiger charge is 2.53. The van der Waals surface area contributed by atoms with E-state index in [0.29, 0.717) is 38.2 Å². The molecule has 0 saturated carbocycles. The predicted octanol–water partition coefficient (Wildman–Crippen LogP) is 0.171. The summed E-state index contributed by atoms with van der Waals surface area (Å²) >= 11 is 0. The van der Waals surface area contributed by atoms with Gasteiger partial charge in [0.05, 0.1) is 24.8 Å². The molecule has 2 aliphatic heterocycles. The molecule has 3 amide bonds. The van der Waals surface area contributed by atoms with Gasteiger partial charge >= 0.3 is 0 Å². The molecule has 0 bridgehead atoms. The maximum absolute atomic E-state index is 12.4. The summed E-state index contributed by atoms with van der Waals surface area (Å²) in [4.78, 5) is 47.1. The van der Waals surface area contributed by atoms with E-state index in [1.54, 1.807) is 18.3 Å². The van der Waals surface area contributed by atoms with Crippen LogP contribution in [0.2, 0.25) is 0 Å². The molecule has 2 saturated heterocycles. The number of likely N-dealkylation sites (tertiary alicyclic amines) is 1. The summed E-state index contributed by atoms with van der Waals surface area (Å²) in [6.45, 7) is 1.69. The zero-order valence-corrected chi connectivity index (χ0v) is 13.5. The number of carbonyl (C=O) groups is 3. The fourth-order valence-electron chi connectivity index (χ4n) is 3.26. The van der Waals surface area contributed by atoms with Crippen molar-refractivity contribution in [2.24, 2.45) is 5.41 Å². The van der Waals surface area contributed by atoms with E-state index in [0.717, 1.165) is 5.06 Å². The summed E-state index contributed by atoms with van der Waals surface area (Å²) in [5.74, 6) is -0.698. The third kappa shape index (κ3) is 3.02. The van der Waals surface area contributed by atoms with Gasteiger partial charge in [-0.25, -0.2) is 0 Å². The molecule has 2 fully saturated rings. The number of hydroxylamine groups is 2. The molecular formula is C16H20N4O4. The van der Waals surface area contributed by atoms with Gasteiger partial charge in [-0.1, -0.05) is 0 Å². The number of rotatable bonds is 4. The summed E-state index contributed by atoms with van der Waals surface area (Å²) in [5.41, 5.74) is -0.130. The first-order chi connectivity index (χ1) is 11.6. The Labute approximate surface area is 139 Å². The molecule has 0 unspecified atom stereocenters. The summed E-state index contributed by atoms with van der Waals surface area (Å²) < 4.78 is 0. The number of hydrogen-bond donors (Lipinski definition) is 1. The number of hydrogen-bond acceptors (Lipinski definition) is 6. The minimum Gasteiger partial charge on any atom is -0.339 e. The SMILES string of the molecule is CON1C(=O)CC2(CCN(CNC(=O)c3cccnc3)CC2)C1=O. The molecular weight excluding hydrogens is 312 g/mol. The number of imide groups is 1. The molecule has 24 heavy (non-hydrogen) atoms. The van der Waals surface area contributed by atoms with Crippen molar-refractivity contribution in [2.45, 2.75) is 19.3 Å². The van der Waals surface area contributed by atoms with Gasteiger partial charge in [-0.2, -0.15) is 5.06 Å². The first-order valence-corrected chi connectivity index (χ1v) is 7.88. The zero-order chi connectivity index (χ0) is 17.2. The first-order valence-electron chi connectivity index (χ1n) is 7.88. The van der Waals surface area contributed by atoms with Crippen LogP contribution in [0.3, 0.4) is 0 Å². The highest BCUT2D eigenvalue weighted by Crippen LogP contribution is 2.41. The molecule has 2 aliphatic rings. The highest BCUT2D eigenvalue weighted by molar-refractivity contribution is 6.04. The number of nitrogens with one attached hydrogen (secondary N) is 1. The first kappa shape index (κ1) is 16.5. The number of nitrogens with zero attached hydrogens (tertiary/aromatic N) is 3. The van der Waals surface area contributed by atoms with Crippen molar-refractivity contribution < 1.29 is 19.2 Å². The molecule has 0 atom stereocenters. The van der Waals surface area contributed by atoms with Crippen molar-refractivity contribution in [3.05, 3.63) is 30.1 Å². The van der Waals surface area contributed by atoms with Crippen LogP contribution < -0.4 is 5.32 Å². The van der Waals surface area contributed by atoms with E-state index in [-0.39, 0.29) is 24.1 Å². The van der Waals surface area contributed by atoms with Crippen LogP contribution in [0, 0.1) is 5.41 Å². The topological polar surface area (TPSA) is 91.8 Å². The summed E-state index contributed by atoms with van der Waals surface area (Å²) in [7, 11) is 1.33. The molecule has 1 spiro atoms. The highest BCUT2D eigenvalue weighted by atomic mass is 16.7. The van der Waals surface area contributed by atoms with Gasteiger partial charge in [0.1, 0.15) is 0 Å². The van der Waals surface area contributed by atoms with E-state index < -0.39 is 5.41 Å². The van der Waals surface area contributed by atoms with E-state index in [1.807, 2.05) is 0 Å². The molecule has 128 valence electrons. The molecule has 1 aromatic heterocycles. The van der Waals surface area contributed by atoms with Crippen LogP contribution in [0.25, 0.3) is 0 Å². The fraction of sp³-hybridized carbons (Fsp3) is 0.500. The van der Waals surface area contributed by atoms with Crippen molar-refractivity contribution in [1.29, 1.82) is 0 Å². The lowest BCUT2D eigenvalue weighted by atomic mass is 9.77. The lowest BCUT2D eigenvalue weighted by Crippen LogP contribution is -2.47. The largest absolute Gasteiger partial charge is 0.339 e. The molecule has 1 aromatic rings. The monoisotopic (exact) mass is 332 g/mol. The van der Waals surface area contributed by atoms with Crippen LogP contribution in [0.15, 0.2) is 24.5 Å². The average Bonchev–Trinajstić information content (AvgIpc) is 2.84. The minimum absolute atomic E-state index is 0.180. The van der Waals surface area contributed by atoms with E-state index in [1.165, 1.54) is 13.3 Å². The van der Waals surface area contributed by atoms with Crippen LogP contribution in [-0.4, -0.2) is 59.5 Å². The average molecular weight is 332 g/mol. The van der Waals surface area contributed by atoms with Crippen molar-refractivity contribution in [2.75, 3.05) is 26.9 Å². The standard InChI is InChI=1S/C16H20N4O4/c1-24-20-13(21)9-16(15(20)23)4-7-19(8-5-16)11-18-14(22)12-3-2-6-17-10-12/h2-3,6,10H,4-5,7-9,11H2,1H3,(H,18,22). The Morgan fingerprint density at radius 2 is 2.12 bits per heavy atom. The second kappa shape index (κ2) is 6.66. The van der Waals surface area contributed by atoms with Gasteiger partial charge in [0.25, 0.3) is 17.7 Å². The van der Waals surface area contributed by atoms with Crippen molar-refractivity contribution in [3.63, 3.8) is 0 Å². The van der Waals surface area contributed by atoms with Crippen molar-refractivity contribution in [1.82, 2.24) is 20.3 Å². The molecule has 8 heteroatoms. The van der Waals surface area contributed by atoms with Gasteiger partial charge in [-0.3, -0.25) is 29.1 Å². The summed E-state index contributed by atoms with van der Waals surface area (Å²) in [6, 6.07) is 3.42. The minimum atomic E-state index is -0.642. The number of carbonyl (C=O) groups excluding carboxylic acids is 3. The van der Waals surface area contributed by atoms with Crippen molar-refractivity contribution in [3.8, 4) is 0 Å². The van der Waals surface area contributed by atoms with Gasteiger partial charge < -0.3 is 5.32 Å². The number of amides is 3. The van der Waals surface area contributed by atoms with Gasteiger partial charge in [0.2, 0.25) is 0 Å². The van der Waals surface area contributed by atoms with E-state index in [4.69, 9.17) is 4.84 Å². The Morgan fingerprint density at radius 1 is 1.38 bits per heavy atom. The molecule has 1 N–H and O–H groups in total. The number of piperidine rings is 1. The third-order valence-corrected chi connectivity index (χ3v) is 4.74. The molecule has 3 heterocycles. The van der Waals surface area contributed by atoms with Crippen LogP contribution in [0.1, 0.15) is 29.6 Å². The summed E-state index contributed by atoms with van der Waals surface area (Å²) in [5, 5.41) is 3.72. The quantitative estimate of drug-likeness (QED) is 0.791. The van der Waals surface area contributed by atoms with Crippen molar-refractivity contribution >= 4 is 17.7 Å². The molecule has 0 aromatic carbocycles. The molecule has 8 nitrogen and oxygen atoms in total. The molecule has 0 aliphatic carbocycles. The van der Waals surface area contributed by atoms with Gasteiger partial charge in [-0.15, -0.1) is 0 Å². The van der Waals surface area contributed by atoms with Crippen LogP contribution in [-0.2, 0) is 14.4 Å². The number of aromatic nitrogens is 1. The van der Waals surface area contributed by atoms with E-state index in [2.05, 4.69) is 15.2 Å². The molecule has 0 radical (unpaired) electrons. The Hall–Kier alpha value is -2.32. The van der Waals surface area contributed by atoms with Crippen LogP contribution in [0.4, 0.5) is 0 Å². The van der Waals surface area contributed by atoms with Gasteiger partial charge in [-0.05, 0) is 25.0 Å². The zero-order valence-electron chi connectivity index (χ0n) is 13.5. The molecule has 3 rings (SSSR count). The Balaban J connectivity index is 1.52. The fourth-order valence-corrected chi connectivity index (χ4v) is 3.26. The smallest absolute Gasteiger partial charge is 0.260 e. The normalized spacial score (nSPS) is 20.6. The van der Waals surface area contributed by atoms with Gasteiger partial charge in [0.15, 0.2) is 0 Å². The Morgan fingerprint density at radius 3 is 2.71 bits per heavy atom. The number of pyridine rings is 1. The second-order valence-electron chi connectivity index (χ2n) is 6.16. The second-order valence-corrected chi connectivity index (χ2v) is 6.16.